The maximum Gasteiger partial charge on any atom is 0.306 e. The Hall–Kier alpha value is -3.67. The summed E-state index contributed by atoms with van der Waals surface area (Å²) in [4.78, 5) is 37.9. The van der Waals surface area contributed by atoms with Gasteiger partial charge in [0.15, 0.2) is 6.10 Å². The van der Waals surface area contributed by atoms with Crippen LogP contribution < -0.4 is 0 Å². The van der Waals surface area contributed by atoms with Crippen LogP contribution in [0.5, 0.6) is 0 Å². The van der Waals surface area contributed by atoms with Gasteiger partial charge in [-0.1, -0.05) is 189 Å². The van der Waals surface area contributed by atoms with E-state index in [1.54, 1.807) is 0 Å². The predicted molar refractivity (Wildman–Crippen MR) is 265 cm³/mol. The van der Waals surface area contributed by atoms with Crippen LogP contribution in [0.4, 0.5) is 0 Å². The Morgan fingerprint density at radius 1 is 0.339 bits per heavy atom. The maximum atomic E-state index is 12.8. The van der Waals surface area contributed by atoms with Crippen molar-refractivity contribution < 1.29 is 28.6 Å². The topological polar surface area (TPSA) is 78.9 Å². The van der Waals surface area contributed by atoms with Crippen molar-refractivity contribution in [1.82, 2.24) is 0 Å². The highest BCUT2D eigenvalue weighted by molar-refractivity contribution is 5.71. The molecule has 1 atom stereocenters. The lowest BCUT2D eigenvalue weighted by molar-refractivity contribution is -0.167. The standard InChI is InChI=1S/C56H92O6/c1-4-7-10-13-16-19-22-24-26-28-30-31-34-37-40-43-46-49-55(58)61-52-53(51-60-54(57)48-45-42-39-36-33-21-18-15-12-9-6-3)62-56(59)50-47-44-41-38-35-32-29-27-25-23-20-17-14-11-8-5-2/h8,11,15,17-18,20,24-27,30-32,35,37,40,53H,4-7,9-10,12-14,16,19,21-23,28-29,33-34,36,38-39,41-52H2,1-3H3/b11-8-,18-15-,20-17-,26-24-,27-25-,31-30-,35-32-,40-37-. The fraction of sp³-hybridized carbons (Fsp3) is 0.661. The van der Waals surface area contributed by atoms with Crippen molar-refractivity contribution in [3.63, 3.8) is 0 Å². The maximum absolute atomic E-state index is 12.8. The van der Waals surface area contributed by atoms with Crippen LogP contribution >= 0.6 is 0 Å². The van der Waals surface area contributed by atoms with Crippen LogP contribution in [0.15, 0.2) is 97.2 Å². The van der Waals surface area contributed by atoms with Gasteiger partial charge in [-0.2, -0.15) is 0 Å². The third kappa shape index (κ3) is 47.4. The van der Waals surface area contributed by atoms with E-state index in [-0.39, 0.29) is 44.0 Å². The highest BCUT2D eigenvalue weighted by Crippen LogP contribution is 2.12. The molecular formula is C56H92O6. The summed E-state index contributed by atoms with van der Waals surface area (Å²) < 4.78 is 16.7. The summed E-state index contributed by atoms with van der Waals surface area (Å²) in [7, 11) is 0. The molecule has 6 heteroatoms. The van der Waals surface area contributed by atoms with Gasteiger partial charge in [0.25, 0.3) is 0 Å². The zero-order chi connectivity index (χ0) is 45.1. The number of esters is 3. The summed E-state index contributed by atoms with van der Waals surface area (Å²) >= 11 is 0. The molecule has 0 aromatic heterocycles. The van der Waals surface area contributed by atoms with Crippen LogP contribution in [-0.4, -0.2) is 37.2 Å². The molecule has 0 rings (SSSR count). The van der Waals surface area contributed by atoms with Crippen LogP contribution in [0.3, 0.4) is 0 Å². The summed E-state index contributed by atoms with van der Waals surface area (Å²) in [5, 5.41) is 0. The molecule has 0 saturated heterocycles. The van der Waals surface area contributed by atoms with Crippen LogP contribution in [0.2, 0.25) is 0 Å². The predicted octanol–water partition coefficient (Wildman–Crippen LogP) is 16.6. The SMILES string of the molecule is CC/C=C\C/C=C\C/C=C\C/C=C\CCCCCC(=O)OC(COC(=O)CCC/C=C\C/C=C\C/C=C\CCCCCCCC)COC(=O)CCCCCCC/C=C\CCCC. The number of ether oxygens (including phenoxy) is 3. The van der Waals surface area contributed by atoms with E-state index in [4.69, 9.17) is 14.2 Å². The van der Waals surface area contributed by atoms with Gasteiger partial charge >= 0.3 is 17.9 Å². The second-order valence-corrected chi connectivity index (χ2v) is 16.3. The molecular weight excluding hydrogens is 769 g/mol. The van der Waals surface area contributed by atoms with Gasteiger partial charge in [-0.15, -0.1) is 0 Å². The van der Waals surface area contributed by atoms with Gasteiger partial charge in [0.2, 0.25) is 0 Å². The molecule has 0 aromatic rings. The van der Waals surface area contributed by atoms with Gasteiger partial charge in [0, 0.05) is 19.3 Å². The molecule has 0 aliphatic rings. The molecule has 0 N–H and O–H groups in total. The molecule has 0 amide bonds. The number of carbonyl (C=O) groups excluding carboxylic acids is 3. The van der Waals surface area contributed by atoms with Gasteiger partial charge in [0.1, 0.15) is 13.2 Å². The first kappa shape index (κ1) is 58.3. The van der Waals surface area contributed by atoms with Gasteiger partial charge < -0.3 is 14.2 Å². The van der Waals surface area contributed by atoms with E-state index in [0.29, 0.717) is 19.3 Å². The lowest BCUT2D eigenvalue weighted by atomic mass is 10.1. The Labute approximate surface area is 381 Å². The third-order valence-corrected chi connectivity index (χ3v) is 10.3. The Morgan fingerprint density at radius 2 is 0.661 bits per heavy atom. The van der Waals surface area contributed by atoms with E-state index >= 15 is 0 Å². The minimum Gasteiger partial charge on any atom is -0.462 e. The second-order valence-electron chi connectivity index (χ2n) is 16.3. The quantitative estimate of drug-likeness (QED) is 0.0263. The van der Waals surface area contributed by atoms with Crippen molar-refractivity contribution in [3.8, 4) is 0 Å². The van der Waals surface area contributed by atoms with E-state index in [2.05, 4.69) is 118 Å². The zero-order valence-corrected chi connectivity index (χ0v) is 40.1. The Balaban J connectivity index is 4.53. The monoisotopic (exact) mass is 861 g/mol. The first-order chi connectivity index (χ1) is 30.5. The van der Waals surface area contributed by atoms with E-state index in [1.807, 2.05) is 0 Å². The molecule has 0 radical (unpaired) electrons. The Morgan fingerprint density at radius 3 is 1.13 bits per heavy atom. The fourth-order valence-corrected chi connectivity index (χ4v) is 6.49. The number of carbonyl (C=O) groups is 3. The molecule has 6 nitrogen and oxygen atoms in total. The van der Waals surface area contributed by atoms with Crippen LogP contribution in [0, 0.1) is 0 Å². The van der Waals surface area contributed by atoms with Gasteiger partial charge in [-0.3, -0.25) is 14.4 Å². The largest absolute Gasteiger partial charge is 0.462 e. The number of rotatable bonds is 44. The van der Waals surface area contributed by atoms with Crippen molar-refractivity contribution in [2.75, 3.05) is 13.2 Å². The first-order valence-electron chi connectivity index (χ1n) is 25.2. The van der Waals surface area contributed by atoms with Crippen molar-refractivity contribution in [2.24, 2.45) is 0 Å². The molecule has 1 unspecified atom stereocenters. The lowest BCUT2D eigenvalue weighted by Crippen LogP contribution is -2.30. The summed E-state index contributed by atoms with van der Waals surface area (Å²) in [5.74, 6) is -1.01. The molecule has 0 fully saturated rings. The van der Waals surface area contributed by atoms with Crippen molar-refractivity contribution >= 4 is 17.9 Å². The Kier molecular flexibility index (Phi) is 47.0. The average molecular weight is 861 g/mol. The van der Waals surface area contributed by atoms with Gasteiger partial charge in [0.05, 0.1) is 0 Å². The number of hydrogen-bond donors (Lipinski definition) is 0. The zero-order valence-electron chi connectivity index (χ0n) is 40.1. The van der Waals surface area contributed by atoms with Crippen LogP contribution in [0.1, 0.15) is 220 Å². The summed E-state index contributed by atoms with van der Waals surface area (Å²) in [6.45, 7) is 6.38. The molecule has 0 aliphatic carbocycles. The smallest absolute Gasteiger partial charge is 0.306 e. The van der Waals surface area contributed by atoms with Crippen molar-refractivity contribution in [1.29, 1.82) is 0 Å². The summed E-state index contributed by atoms with van der Waals surface area (Å²) in [5.41, 5.74) is 0. The summed E-state index contributed by atoms with van der Waals surface area (Å²) in [6.07, 6.45) is 65.4. The fourth-order valence-electron chi connectivity index (χ4n) is 6.49. The van der Waals surface area contributed by atoms with E-state index in [9.17, 15) is 14.4 Å². The Bertz CT molecular complexity index is 1260. The van der Waals surface area contributed by atoms with E-state index in [0.717, 1.165) is 96.3 Å². The molecule has 352 valence electrons. The molecule has 0 spiro atoms. The molecule has 0 aromatic carbocycles. The number of unbranched alkanes of at least 4 members (excludes halogenated alkanes) is 17. The lowest BCUT2D eigenvalue weighted by Gasteiger charge is -2.18. The second kappa shape index (κ2) is 50.0. The minimum absolute atomic E-state index is 0.112. The molecule has 0 bridgehead atoms. The molecule has 0 aliphatic heterocycles. The molecule has 62 heavy (non-hydrogen) atoms. The first-order valence-corrected chi connectivity index (χ1v) is 25.2. The average Bonchev–Trinajstić information content (AvgIpc) is 3.27. The van der Waals surface area contributed by atoms with Crippen LogP contribution in [0.25, 0.3) is 0 Å². The number of allylic oxidation sites excluding steroid dienone is 16. The van der Waals surface area contributed by atoms with Crippen molar-refractivity contribution in [3.05, 3.63) is 97.2 Å². The third-order valence-electron chi connectivity index (χ3n) is 10.3. The molecule has 0 saturated carbocycles. The highest BCUT2D eigenvalue weighted by Gasteiger charge is 2.19. The highest BCUT2D eigenvalue weighted by atomic mass is 16.6. The number of hydrogen-bond acceptors (Lipinski definition) is 6. The van der Waals surface area contributed by atoms with Gasteiger partial charge in [-0.25, -0.2) is 0 Å². The van der Waals surface area contributed by atoms with Crippen molar-refractivity contribution in [2.45, 2.75) is 226 Å². The van der Waals surface area contributed by atoms with Gasteiger partial charge in [-0.05, 0) is 109 Å². The van der Waals surface area contributed by atoms with Crippen LogP contribution in [-0.2, 0) is 28.6 Å². The summed E-state index contributed by atoms with van der Waals surface area (Å²) in [6, 6.07) is 0. The minimum atomic E-state index is -0.817. The van der Waals surface area contributed by atoms with E-state index in [1.165, 1.54) is 70.6 Å². The van der Waals surface area contributed by atoms with E-state index < -0.39 is 6.10 Å². The molecule has 0 heterocycles. The normalized spacial score (nSPS) is 12.9.